The Balaban J connectivity index is 2.69. The Kier molecular flexibility index (Phi) is 4.99. The van der Waals surface area contributed by atoms with Crippen molar-refractivity contribution in [3.05, 3.63) is 30.6 Å². The summed E-state index contributed by atoms with van der Waals surface area (Å²) in [6.07, 6.45) is 1.38. The molecule has 4 nitrogen and oxygen atoms in total. The quantitative estimate of drug-likeness (QED) is 0.751. The Labute approximate surface area is 98.5 Å². The van der Waals surface area contributed by atoms with E-state index in [9.17, 15) is 14.0 Å². The van der Waals surface area contributed by atoms with E-state index in [2.05, 4.69) is 17.0 Å². The fourth-order valence-electron chi connectivity index (χ4n) is 1.12. The predicted octanol–water partition coefficient (Wildman–Crippen LogP) is 2.12. The summed E-state index contributed by atoms with van der Waals surface area (Å²) in [5, 5.41) is 10.1. The van der Waals surface area contributed by atoms with Gasteiger partial charge in [0, 0.05) is 0 Å². The number of hydrogen-bond acceptors (Lipinski definition) is 4. The number of alkyl halides is 2. The highest BCUT2D eigenvalue weighted by Gasteiger charge is 2.12. The summed E-state index contributed by atoms with van der Waals surface area (Å²) in [6, 6.07) is 2.15. The van der Waals surface area contributed by atoms with Crippen molar-refractivity contribution in [1.29, 1.82) is 0 Å². The van der Waals surface area contributed by atoms with E-state index in [1.165, 1.54) is 6.20 Å². The summed E-state index contributed by atoms with van der Waals surface area (Å²) in [4.78, 5) is 4.03. The van der Waals surface area contributed by atoms with Crippen molar-refractivity contribution < 1.29 is 14.0 Å². The SMILES string of the molecule is C=C(C)c1ccc(N(O)NC(CF)CF)cn1. The number of anilines is 1. The molecule has 94 valence electrons. The lowest BCUT2D eigenvalue weighted by Crippen LogP contribution is -2.45. The minimum absolute atomic E-state index is 0.293. The smallest absolute Gasteiger partial charge is 0.109 e. The molecule has 17 heavy (non-hydrogen) atoms. The van der Waals surface area contributed by atoms with Crippen LogP contribution >= 0.6 is 0 Å². The van der Waals surface area contributed by atoms with Gasteiger partial charge in [-0.25, -0.2) is 14.2 Å². The first-order valence-corrected chi connectivity index (χ1v) is 5.07. The molecule has 6 heteroatoms. The zero-order chi connectivity index (χ0) is 12.8. The fraction of sp³-hybridized carbons (Fsp3) is 0.364. The van der Waals surface area contributed by atoms with Crippen molar-refractivity contribution in [1.82, 2.24) is 10.4 Å². The van der Waals surface area contributed by atoms with E-state index >= 15 is 0 Å². The largest absolute Gasteiger partial charge is 0.273 e. The maximum absolute atomic E-state index is 12.2. The lowest BCUT2D eigenvalue weighted by Gasteiger charge is -2.21. The Hall–Kier alpha value is -1.53. The van der Waals surface area contributed by atoms with E-state index in [4.69, 9.17) is 0 Å². The Morgan fingerprint density at radius 3 is 2.59 bits per heavy atom. The van der Waals surface area contributed by atoms with Gasteiger partial charge in [0.25, 0.3) is 0 Å². The molecule has 0 unspecified atom stereocenters. The average Bonchev–Trinajstić information content (AvgIpc) is 2.35. The molecular formula is C11H15F2N3O. The second-order valence-electron chi connectivity index (χ2n) is 3.63. The highest BCUT2D eigenvalue weighted by molar-refractivity contribution is 5.59. The summed E-state index contributed by atoms with van der Waals surface area (Å²) >= 11 is 0. The van der Waals surface area contributed by atoms with Crippen LogP contribution in [0.2, 0.25) is 0 Å². The van der Waals surface area contributed by atoms with Gasteiger partial charge in [-0.3, -0.25) is 10.2 Å². The molecule has 0 saturated heterocycles. The summed E-state index contributed by atoms with van der Waals surface area (Å²) in [5.74, 6) is 0. The normalized spacial score (nSPS) is 10.6. The minimum atomic E-state index is -1.07. The van der Waals surface area contributed by atoms with Gasteiger partial charge in [0.15, 0.2) is 0 Å². The minimum Gasteiger partial charge on any atom is -0.273 e. The van der Waals surface area contributed by atoms with Crippen molar-refractivity contribution in [2.24, 2.45) is 0 Å². The summed E-state index contributed by atoms with van der Waals surface area (Å²) in [5.41, 5.74) is 4.03. The van der Waals surface area contributed by atoms with Crippen LogP contribution in [-0.2, 0) is 0 Å². The second kappa shape index (κ2) is 6.27. The van der Waals surface area contributed by atoms with Crippen molar-refractivity contribution in [3.63, 3.8) is 0 Å². The number of hydrogen-bond donors (Lipinski definition) is 2. The van der Waals surface area contributed by atoms with E-state index in [-0.39, 0.29) is 0 Å². The topological polar surface area (TPSA) is 48.4 Å². The van der Waals surface area contributed by atoms with Crippen LogP contribution in [0.5, 0.6) is 0 Å². The van der Waals surface area contributed by atoms with Crippen LogP contribution < -0.4 is 10.6 Å². The van der Waals surface area contributed by atoms with Gasteiger partial charge in [0.2, 0.25) is 0 Å². The number of halogens is 2. The molecule has 0 bridgehead atoms. The Morgan fingerprint density at radius 1 is 1.53 bits per heavy atom. The molecule has 0 atom stereocenters. The monoisotopic (exact) mass is 243 g/mol. The van der Waals surface area contributed by atoms with Gasteiger partial charge < -0.3 is 0 Å². The maximum atomic E-state index is 12.2. The van der Waals surface area contributed by atoms with Crippen LogP contribution in [0.15, 0.2) is 24.9 Å². The predicted molar refractivity (Wildman–Crippen MR) is 62.1 cm³/mol. The van der Waals surface area contributed by atoms with Crippen molar-refractivity contribution in [2.75, 3.05) is 18.5 Å². The van der Waals surface area contributed by atoms with E-state index in [1.807, 2.05) is 0 Å². The van der Waals surface area contributed by atoms with Gasteiger partial charge in [-0.2, -0.15) is 5.17 Å². The third-order valence-electron chi connectivity index (χ3n) is 2.11. The molecule has 1 heterocycles. The van der Waals surface area contributed by atoms with Crippen LogP contribution in [0.1, 0.15) is 12.6 Å². The molecule has 2 N–H and O–H groups in total. The van der Waals surface area contributed by atoms with Crippen molar-refractivity contribution >= 4 is 11.3 Å². The summed E-state index contributed by atoms with van der Waals surface area (Å²) in [6.45, 7) is 3.70. The van der Waals surface area contributed by atoms with Crippen molar-refractivity contribution in [3.8, 4) is 0 Å². The van der Waals surface area contributed by atoms with E-state index in [0.717, 1.165) is 5.57 Å². The molecule has 0 aliphatic rings. The first kappa shape index (κ1) is 13.5. The van der Waals surface area contributed by atoms with Crippen LogP contribution in [0.25, 0.3) is 5.57 Å². The van der Waals surface area contributed by atoms with Gasteiger partial charge in [-0.05, 0) is 24.6 Å². The van der Waals surface area contributed by atoms with Crippen LogP contribution in [-0.4, -0.2) is 29.6 Å². The van der Waals surface area contributed by atoms with E-state index in [1.54, 1.807) is 19.1 Å². The van der Waals surface area contributed by atoms with Gasteiger partial charge in [0.05, 0.1) is 17.9 Å². The van der Waals surface area contributed by atoms with E-state index < -0.39 is 19.4 Å². The molecule has 1 aromatic heterocycles. The van der Waals surface area contributed by atoms with Crippen molar-refractivity contribution in [2.45, 2.75) is 13.0 Å². The number of nitrogens with zero attached hydrogens (tertiary/aromatic N) is 2. The molecule has 0 aliphatic heterocycles. The molecule has 0 spiro atoms. The molecule has 0 aliphatic carbocycles. The third kappa shape index (κ3) is 3.76. The lowest BCUT2D eigenvalue weighted by atomic mass is 10.2. The first-order valence-electron chi connectivity index (χ1n) is 5.07. The van der Waals surface area contributed by atoms with Gasteiger partial charge in [0.1, 0.15) is 19.0 Å². The maximum Gasteiger partial charge on any atom is 0.109 e. The van der Waals surface area contributed by atoms with Crippen LogP contribution in [0, 0.1) is 0 Å². The second-order valence-corrected chi connectivity index (χ2v) is 3.63. The number of hydrazine groups is 1. The molecule has 0 radical (unpaired) electrons. The van der Waals surface area contributed by atoms with E-state index in [0.29, 0.717) is 16.6 Å². The van der Waals surface area contributed by atoms with Crippen LogP contribution in [0.3, 0.4) is 0 Å². The number of nitrogens with one attached hydrogen (secondary N) is 1. The fourth-order valence-corrected chi connectivity index (χ4v) is 1.12. The highest BCUT2D eigenvalue weighted by atomic mass is 19.1. The third-order valence-corrected chi connectivity index (χ3v) is 2.11. The zero-order valence-electron chi connectivity index (χ0n) is 9.53. The highest BCUT2D eigenvalue weighted by Crippen LogP contribution is 2.13. The molecule has 1 aromatic rings. The molecule has 0 aromatic carbocycles. The lowest BCUT2D eigenvalue weighted by molar-refractivity contribution is 0.169. The zero-order valence-corrected chi connectivity index (χ0v) is 9.53. The molecule has 1 rings (SSSR count). The Bertz CT molecular complexity index is 365. The first-order chi connectivity index (χ1) is 8.08. The number of rotatable bonds is 6. The molecular weight excluding hydrogens is 228 g/mol. The Morgan fingerprint density at radius 2 is 2.18 bits per heavy atom. The molecule has 0 amide bonds. The molecule has 0 fully saturated rings. The standard InChI is InChI=1S/C11H15F2N3O/c1-8(2)11-4-3-10(7-14-11)16(17)15-9(5-12)6-13/h3-4,7,9,15,17H,1,5-6H2,2H3. The number of allylic oxidation sites excluding steroid dienone is 1. The number of pyridine rings is 1. The molecule has 0 saturated carbocycles. The average molecular weight is 243 g/mol. The summed E-state index contributed by atoms with van der Waals surface area (Å²) in [7, 11) is 0. The number of aromatic nitrogens is 1. The van der Waals surface area contributed by atoms with Gasteiger partial charge in [-0.15, -0.1) is 0 Å². The van der Waals surface area contributed by atoms with Crippen LogP contribution in [0.4, 0.5) is 14.5 Å². The van der Waals surface area contributed by atoms with Gasteiger partial charge >= 0.3 is 0 Å². The summed E-state index contributed by atoms with van der Waals surface area (Å²) < 4.78 is 24.5. The van der Waals surface area contributed by atoms with Gasteiger partial charge in [-0.1, -0.05) is 6.58 Å².